The Bertz CT molecular complexity index is 542. The second-order valence-electron chi connectivity index (χ2n) is 4.94. The number of nitrogens with two attached hydrogens (primary N) is 1. The number of aryl methyl sites for hydroxylation is 1. The fourth-order valence-corrected chi connectivity index (χ4v) is 2.54. The summed E-state index contributed by atoms with van der Waals surface area (Å²) in [7, 11) is 0. The average Bonchev–Trinajstić information content (AvgIpc) is 2.59. The van der Waals surface area contributed by atoms with E-state index in [2.05, 4.69) is 25.6 Å². The van der Waals surface area contributed by atoms with E-state index in [4.69, 9.17) is 5.73 Å². The second kappa shape index (κ2) is 8.70. The number of aliphatic imine (C=N–C) groups is 1. The van der Waals surface area contributed by atoms with Crippen LogP contribution in [-0.4, -0.2) is 35.3 Å². The van der Waals surface area contributed by atoms with Gasteiger partial charge in [-0.15, -0.1) is 0 Å². The maximum atomic E-state index is 12.7. The van der Waals surface area contributed by atoms with E-state index in [9.17, 15) is 3.89 Å². The van der Waals surface area contributed by atoms with Crippen molar-refractivity contribution in [1.29, 1.82) is 0 Å². The van der Waals surface area contributed by atoms with Crippen LogP contribution in [0.25, 0.3) is 0 Å². The average molecular weight is 324 g/mol. The Morgan fingerprint density at radius 2 is 2.36 bits per heavy atom. The summed E-state index contributed by atoms with van der Waals surface area (Å²) in [5.74, 6) is 0.392. The van der Waals surface area contributed by atoms with Crippen LogP contribution in [0.3, 0.4) is 0 Å². The summed E-state index contributed by atoms with van der Waals surface area (Å²) in [5, 5.41) is 6.31. The van der Waals surface area contributed by atoms with Crippen molar-refractivity contribution in [3.8, 4) is 0 Å². The zero-order valence-corrected chi connectivity index (χ0v) is 13.4. The Kier molecular flexibility index (Phi) is 6.60. The number of anilines is 1. The highest BCUT2D eigenvalue weighted by Gasteiger charge is 2.11. The molecule has 0 amide bonds. The summed E-state index contributed by atoms with van der Waals surface area (Å²) in [5.41, 5.74) is 6.90. The predicted molar refractivity (Wildman–Crippen MR) is 88.7 cm³/mol. The van der Waals surface area contributed by atoms with Gasteiger partial charge in [0.05, 0.1) is 34.5 Å². The monoisotopic (exact) mass is 324 g/mol. The van der Waals surface area contributed by atoms with Crippen LogP contribution in [0.4, 0.5) is 9.83 Å². The maximum Gasteiger partial charge on any atom is 0.227 e. The van der Waals surface area contributed by atoms with Crippen LogP contribution in [0.5, 0.6) is 0 Å². The molecule has 0 unspecified atom stereocenters. The van der Waals surface area contributed by atoms with Crippen molar-refractivity contribution in [3.05, 3.63) is 23.8 Å². The van der Waals surface area contributed by atoms with Gasteiger partial charge in [-0.05, 0) is 32.4 Å². The van der Waals surface area contributed by atoms with Gasteiger partial charge in [-0.3, -0.25) is 4.99 Å². The Hall–Kier alpha value is -1.67. The van der Waals surface area contributed by atoms with E-state index >= 15 is 0 Å². The lowest BCUT2D eigenvalue weighted by atomic mass is 10.1. The van der Waals surface area contributed by atoms with E-state index in [1.54, 1.807) is 6.21 Å². The maximum absolute atomic E-state index is 12.7. The molecular weight excluding hydrogens is 303 g/mol. The first-order chi connectivity index (χ1) is 10.8. The third kappa shape index (κ3) is 4.67. The van der Waals surface area contributed by atoms with Crippen LogP contribution in [0.1, 0.15) is 25.5 Å². The summed E-state index contributed by atoms with van der Waals surface area (Å²) in [6.45, 7) is 3.90. The third-order valence-corrected chi connectivity index (χ3v) is 3.92. The zero-order valence-electron chi connectivity index (χ0n) is 12.6. The van der Waals surface area contributed by atoms with Gasteiger partial charge in [-0.25, -0.2) is 9.97 Å². The highest BCUT2D eigenvalue weighted by molar-refractivity contribution is 7.94. The molecule has 1 saturated heterocycles. The smallest absolute Gasteiger partial charge is 0.227 e. The summed E-state index contributed by atoms with van der Waals surface area (Å²) in [4.78, 5) is 13.4. The molecule has 8 heteroatoms. The molecule has 2 heterocycles. The molecule has 0 atom stereocenters. The number of hydrogen-bond donors (Lipinski definition) is 3. The normalized spacial score (nSPS) is 17.1. The van der Waals surface area contributed by atoms with Crippen LogP contribution in [0, 0.1) is 0 Å². The first-order valence-corrected chi connectivity index (χ1v) is 8.05. The molecule has 0 aliphatic carbocycles. The molecule has 1 aliphatic heterocycles. The minimum Gasteiger partial charge on any atom is -0.403 e. The zero-order chi connectivity index (χ0) is 15.8. The summed E-state index contributed by atoms with van der Waals surface area (Å²) < 4.78 is 12.7. The number of hydrogen-bond acceptors (Lipinski definition) is 7. The number of nitrogens with one attached hydrogen (secondary N) is 2. The molecule has 1 aromatic rings. The molecule has 22 heavy (non-hydrogen) atoms. The Morgan fingerprint density at radius 3 is 3.00 bits per heavy atom. The Labute approximate surface area is 134 Å². The topological polar surface area (TPSA) is 88.2 Å². The minimum atomic E-state index is 0.158. The van der Waals surface area contributed by atoms with Crippen molar-refractivity contribution in [2.45, 2.75) is 37.1 Å². The van der Waals surface area contributed by atoms with Crippen LogP contribution >= 0.6 is 12.1 Å². The van der Waals surface area contributed by atoms with Crippen molar-refractivity contribution in [3.63, 3.8) is 0 Å². The van der Waals surface area contributed by atoms with Gasteiger partial charge in [-0.2, -0.15) is 3.89 Å². The van der Waals surface area contributed by atoms with E-state index in [0.29, 0.717) is 34.7 Å². The number of halogens is 1. The van der Waals surface area contributed by atoms with E-state index < -0.39 is 0 Å². The molecule has 0 spiro atoms. The van der Waals surface area contributed by atoms with Gasteiger partial charge in [-0.1, -0.05) is 6.92 Å². The molecule has 1 fully saturated rings. The quantitative estimate of drug-likeness (QED) is 0.694. The van der Waals surface area contributed by atoms with Gasteiger partial charge >= 0.3 is 0 Å². The lowest BCUT2D eigenvalue weighted by Crippen LogP contribution is -2.30. The van der Waals surface area contributed by atoms with Gasteiger partial charge < -0.3 is 16.4 Å². The molecule has 0 saturated carbocycles. The molecular formula is C14H21FN6S. The van der Waals surface area contributed by atoms with Gasteiger partial charge in [0.15, 0.2) is 0 Å². The molecule has 0 radical (unpaired) electrons. The number of piperidine rings is 1. The van der Waals surface area contributed by atoms with Crippen LogP contribution in [0.15, 0.2) is 28.0 Å². The second-order valence-corrected chi connectivity index (χ2v) is 5.54. The van der Waals surface area contributed by atoms with Crippen molar-refractivity contribution < 1.29 is 3.89 Å². The van der Waals surface area contributed by atoms with Crippen molar-refractivity contribution in [1.82, 2.24) is 15.3 Å². The molecule has 1 aliphatic rings. The Morgan fingerprint density at radius 1 is 1.59 bits per heavy atom. The van der Waals surface area contributed by atoms with Crippen LogP contribution in [-0.2, 0) is 6.42 Å². The molecule has 2 rings (SSSR count). The van der Waals surface area contributed by atoms with Crippen LogP contribution < -0.4 is 16.4 Å². The van der Waals surface area contributed by atoms with Gasteiger partial charge in [0, 0.05) is 18.6 Å². The first kappa shape index (κ1) is 16.7. The Balaban J connectivity index is 2.02. The highest BCUT2D eigenvalue weighted by Crippen LogP contribution is 2.22. The molecule has 1 aromatic heterocycles. The molecule has 4 N–H and O–H groups in total. The summed E-state index contributed by atoms with van der Waals surface area (Å²) >= 11 is 0.158. The van der Waals surface area contributed by atoms with E-state index in [0.717, 1.165) is 25.9 Å². The van der Waals surface area contributed by atoms with E-state index in [-0.39, 0.29) is 12.1 Å². The summed E-state index contributed by atoms with van der Waals surface area (Å²) in [6.07, 6.45) is 7.28. The van der Waals surface area contributed by atoms with E-state index in [1.807, 2.05) is 6.92 Å². The van der Waals surface area contributed by atoms with Crippen molar-refractivity contribution >= 4 is 24.3 Å². The fraction of sp³-hybridized carbons (Fsp3) is 0.500. The summed E-state index contributed by atoms with van der Waals surface area (Å²) in [6, 6.07) is 0.315. The molecule has 0 bridgehead atoms. The number of rotatable bonds is 6. The molecule has 6 nitrogen and oxygen atoms in total. The predicted octanol–water partition coefficient (Wildman–Crippen LogP) is 2.05. The lowest BCUT2D eigenvalue weighted by molar-refractivity contribution is 0.461. The van der Waals surface area contributed by atoms with Crippen LogP contribution in [0.2, 0.25) is 0 Å². The van der Waals surface area contributed by atoms with Gasteiger partial charge in [0.25, 0.3) is 0 Å². The molecule has 120 valence electrons. The fourth-order valence-electron chi connectivity index (χ4n) is 2.17. The van der Waals surface area contributed by atoms with E-state index in [1.165, 1.54) is 12.4 Å². The number of nitrogens with zero attached hydrogens (tertiary/aromatic N) is 3. The highest BCUT2D eigenvalue weighted by atomic mass is 32.2. The van der Waals surface area contributed by atoms with Gasteiger partial charge in [0.1, 0.15) is 0 Å². The third-order valence-electron chi connectivity index (χ3n) is 3.42. The van der Waals surface area contributed by atoms with Gasteiger partial charge in [0.2, 0.25) is 5.95 Å². The largest absolute Gasteiger partial charge is 0.403 e. The first-order valence-electron chi connectivity index (χ1n) is 7.34. The number of allylic oxidation sites excluding steroid dienone is 1. The lowest BCUT2D eigenvalue weighted by Gasteiger charge is -2.18. The van der Waals surface area contributed by atoms with Crippen molar-refractivity contribution in [2.75, 3.05) is 18.4 Å². The molecule has 0 aromatic carbocycles. The van der Waals surface area contributed by atoms with Crippen molar-refractivity contribution in [2.24, 2.45) is 10.7 Å². The number of aromatic nitrogens is 2. The standard InChI is InChI=1S/C14H21FN6S/c1-2-12-13(22-15)9-19-14(21-12)20-11(7-16)8-18-10-3-5-17-6-4-10/h7-10,17H,2-6,16H2,1H3,(H,19,20,21). The minimum absolute atomic E-state index is 0.158. The SMILES string of the molecule is CCc1nc(NC(C=NC2CCNCC2)=CN)ncc1SF.